The van der Waals surface area contributed by atoms with E-state index in [0.29, 0.717) is 17.1 Å². The van der Waals surface area contributed by atoms with Crippen LogP contribution in [0.15, 0.2) is 42.5 Å². The number of nitro groups is 1. The van der Waals surface area contributed by atoms with Crippen molar-refractivity contribution in [2.45, 2.75) is 13.0 Å². The molecule has 0 aliphatic heterocycles. The van der Waals surface area contributed by atoms with Crippen LogP contribution in [-0.4, -0.2) is 4.92 Å². The number of non-ortho nitro benzene ring substituents is 1. The number of hydrogen-bond donors (Lipinski definition) is 1. The number of nitrogens with zero attached hydrogens (tertiary/aromatic N) is 1. The zero-order valence-electron chi connectivity index (χ0n) is 10.7. The minimum absolute atomic E-state index is 0.0769. The molecule has 1 atom stereocenters. The minimum atomic E-state index is -0.510. The van der Waals surface area contributed by atoms with Crippen LogP contribution in [0.25, 0.3) is 0 Å². The molecule has 0 fully saturated rings. The lowest BCUT2D eigenvalue weighted by molar-refractivity contribution is -0.384. The molecule has 0 aliphatic carbocycles. The molecule has 2 rings (SSSR count). The zero-order valence-corrected chi connectivity index (χ0v) is 10.7. The van der Waals surface area contributed by atoms with Crippen molar-refractivity contribution in [3.05, 3.63) is 64.0 Å². The normalized spacial score (nSPS) is 11.9. The van der Waals surface area contributed by atoms with Crippen molar-refractivity contribution in [3.63, 3.8) is 0 Å². The van der Waals surface area contributed by atoms with Gasteiger partial charge in [-0.15, -0.1) is 0 Å². The van der Waals surface area contributed by atoms with Crippen molar-refractivity contribution >= 4 is 5.69 Å². The van der Waals surface area contributed by atoms with Crippen LogP contribution in [0.4, 0.5) is 10.1 Å². The van der Waals surface area contributed by atoms with Crippen molar-refractivity contribution in [1.29, 1.82) is 0 Å². The molecular weight excluding hydrogens is 263 g/mol. The molecule has 0 amide bonds. The van der Waals surface area contributed by atoms with Crippen LogP contribution >= 0.6 is 0 Å². The standard InChI is InChI=1S/C14H13FN2O3/c1-9(16)13-7-10(15)5-6-14(13)20-12-4-2-3-11(8-12)17(18)19/h2-9H,16H2,1H3. The molecule has 0 aliphatic rings. The van der Waals surface area contributed by atoms with Gasteiger partial charge in [-0.3, -0.25) is 10.1 Å². The lowest BCUT2D eigenvalue weighted by atomic mass is 10.1. The topological polar surface area (TPSA) is 78.4 Å². The van der Waals surface area contributed by atoms with Gasteiger partial charge in [0.15, 0.2) is 0 Å². The first kappa shape index (κ1) is 14.0. The Morgan fingerprint density at radius 2 is 2.05 bits per heavy atom. The van der Waals surface area contributed by atoms with Gasteiger partial charge in [0.1, 0.15) is 17.3 Å². The molecular formula is C14H13FN2O3. The molecule has 0 spiro atoms. The molecule has 104 valence electrons. The van der Waals surface area contributed by atoms with Gasteiger partial charge in [-0.05, 0) is 31.2 Å². The zero-order chi connectivity index (χ0) is 14.7. The maximum atomic E-state index is 13.2. The van der Waals surface area contributed by atoms with Gasteiger partial charge in [0, 0.05) is 17.7 Å². The highest BCUT2D eigenvalue weighted by Gasteiger charge is 2.12. The Labute approximate surface area is 114 Å². The fraction of sp³-hybridized carbons (Fsp3) is 0.143. The molecule has 0 radical (unpaired) electrons. The van der Waals surface area contributed by atoms with Gasteiger partial charge in [-0.25, -0.2) is 4.39 Å². The SMILES string of the molecule is CC(N)c1cc(F)ccc1Oc1cccc([N+](=O)[O-])c1. The first-order valence-corrected chi connectivity index (χ1v) is 5.94. The number of benzene rings is 2. The molecule has 0 saturated heterocycles. The first-order valence-electron chi connectivity index (χ1n) is 5.94. The van der Waals surface area contributed by atoms with Gasteiger partial charge in [0.2, 0.25) is 0 Å². The van der Waals surface area contributed by atoms with Crippen molar-refractivity contribution in [3.8, 4) is 11.5 Å². The second kappa shape index (κ2) is 5.66. The third kappa shape index (κ3) is 3.10. The number of rotatable bonds is 4. The van der Waals surface area contributed by atoms with E-state index < -0.39 is 16.8 Å². The molecule has 1 unspecified atom stereocenters. The van der Waals surface area contributed by atoms with Crippen LogP contribution in [0.5, 0.6) is 11.5 Å². The molecule has 0 heterocycles. The highest BCUT2D eigenvalue weighted by Crippen LogP contribution is 2.30. The third-order valence-electron chi connectivity index (χ3n) is 2.72. The average molecular weight is 276 g/mol. The Bertz CT molecular complexity index is 644. The Balaban J connectivity index is 2.35. The summed E-state index contributed by atoms with van der Waals surface area (Å²) in [5, 5.41) is 10.7. The largest absolute Gasteiger partial charge is 0.457 e. The molecule has 6 heteroatoms. The average Bonchev–Trinajstić information content (AvgIpc) is 2.41. The molecule has 5 nitrogen and oxygen atoms in total. The van der Waals surface area contributed by atoms with E-state index in [1.54, 1.807) is 13.0 Å². The third-order valence-corrected chi connectivity index (χ3v) is 2.72. The van der Waals surface area contributed by atoms with Gasteiger partial charge in [-0.2, -0.15) is 0 Å². The summed E-state index contributed by atoms with van der Waals surface area (Å²) in [6.45, 7) is 1.70. The predicted molar refractivity (Wildman–Crippen MR) is 72.2 cm³/mol. The second-order valence-electron chi connectivity index (χ2n) is 4.33. The van der Waals surface area contributed by atoms with Crippen molar-refractivity contribution in [1.82, 2.24) is 0 Å². The number of ether oxygens (including phenoxy) is 1. The predicted octanol–water partition coefficient (Wildman–Crippen LogP) is 3.55. The monoisotopic (exact) mass is 276 g/mol. The van der Waals surface area contributed by atoms with Gasteiger partial charge in [0.05, 0.1) is 11.0 Å². The molecule has 2 aromatic carbocycles. The number of nitrogens with two attached hydrogens (primary N) is 1. The summed E-state index contributed by atoms with van der Waals surface area (Å²) in [5.41, 5.74) is 6.18. The van der Waals surface area contributed by atoms with E-state index in [-0.39, 0.29) is 5.69 Å². The lowest BCUT2D eigenvalue weighted by Gasteiger charge is -2.13. The number of nitro benzene ring substituents is 1. The maximum absolute atomic E-state index is 13.2. The van der Waals surface area contributed by atoms with E-state index in [4.69, 9.17) is 10.5 Å². The van der Waals surface area contributed by atoms with E-state index in [9.17, 15) is 14.5 Å². The van der Waals surface area contributed by atoms with E-state index in [2.05, 4.69) is 0 Å². The van der Waals surface area contributed by atoms with E-state index in [1.807, 2.05) is 0 Å². The molecule has 2 aromatic rings. The molecule has 20 heavy (non-hydrogen) atoms. The number of halogens is 1. The molecule has 0 aromatic heterocycles. The maximum Gasteiger partial charge on any atom is 0.273 e. The van der Waals surface area contributed by atoms with Crippen molar-refractivity contribution in [2.24, 2.45) is 5.73 Å². The second-order valence-corrected chi connectivity index (χ2v) is 4.33. The van der Waals surface area contributed by atoms with Crippen molar-refractivity contribution in [2.75, 3.05) is 0 Å². The summed E-state index contributed by atoms with van der Waals surface area (Å²) >= 11 is 0. The molecule has 2 N–H and O–H groups in total. The van der Waals surface area contributed by atoms with Gasteiger partial charge < -0.3 is 10.5 Å². The Morgan fingerprint density at radius 3 is 2.70 bits per heavy atom. The minimum Gasteiger partial charge on any atom is -0.457 e. The fourth-order valence-electron chi connectivity index (χ4n) is 1.76. The smallest absolute Gasteiger partial charge is 0.273 e. The number of hydrogen-bond acceptors (Lipinski definition) is 4. The lowest BCUT2D eigenvalue weighted by Crippen LogP contribution is -2.07. The van der Waals surface area contributed by atoms with Crippen LogP contribution in [0, 0.1) is 15.9 Å². The van der Waals surface area contributed by atoms with Crippen LogP contribution in [0.2, 0.25) is 0 Å². The van der Waals surface area contributed by atoms with Gasteiger partial charge in [0.25, 0.3) is 5.69 Å². The highest BCUT2D eigenvalue weighted by atomic mass is 19.1. The Hall–Kier alpha value is -2.47. The van der Waals surface area contributed by atoms with Gasteiger partial charge in [-0.1, -0.05) is 6.07 Å². The molecule has 0 bridgehead atoms. The quantitative estimate of drug-likeness (QED) is 0.684. The molecule has 0 saturated carbocycles. The summed E-state index contributed by atoms with van der Waals surface area (Å²) in [5.74, 6) is 0.262. The first-order chi connectivity index (χ1) is 9.47. The Morgan fingerprint density at radius 1 is 1.30 bits per heavy atom. The van der Waals surface area contributed by atoms with Crippen LogP contribution in [-0.2, 0) is 0 Å². The summed E-state index contributed by atoms with van der Waals surface area (Å²) in [6.07, 6.45) is 0. The Kier molecular flexibility index (Phi) is 3.95. The van der Waals surface area contributed by atoms with E-state index in [1.165, 1.54) is 36.4 Å². The fourth-order valence-corrected chi connectivity index (χ4v) is 1.76. The van der Waals surface area contributed by atoms with E-state index >= 15 is 0 Å². The van der Waals surface area contributed by atoms with Gasteiger partial charge >= 0.3 is 0 Å². The summed E-state index contributed by atoms with van der Waals surface area (Å²) in [4.78, 5) is 10.2. The summed E-state index contributed by atoms with van der Waals surface area (Å²) in [6, 6.07) is 9.34. The van der Waals surface area contributed by atoms with Crippen LogP contribution < -0.4 is 10.5 Å². The van der Waals surface area contributed by atoms with Crippen molar-refractivity contribution < 1.29 is 14.1 Å². The van der Waals surface area contributed by atoms with E-state index in [0.717, 1.165) is 0 Å². The highest BCUT2D eigenvalue weighted by molar-refractivity contribution is 5.43. The summed E-state index contributed by atoms with van der Waals surface area (Å²) in [7, 11) is 0. The van der Waals surface area contributed by atoms with Crippen LogP contribution in [0.1, 0.15) is 18.5 Å². The van der Waals surface area contributed by atoms with Crippen LogP contribution in [0.3, 0.4) is 0 Å². The summed E-state index contributed by atoms with van der Waals surface area (Å²) < 4.78 is 18.8.